The smallest absolute Gasteiger partial charge is 0.341 e. The number of para-hydroxylation sites is 1. The van der Waals surface area contributed by atoms with Crippen LogP contribution >= 0.6 is 11.6 Å². The summed E-state index contributed by atoms with van der Waals surface area (Å²) in [4.78, 5) is 11.6. The first kappa shape index (κ1) is 13.6. The molecule has 0 heterocycles. The summed E-state index contributed by atoms with van der Waals surface area (Å²) in [5, 5.41) is 0. The molecule has 0 saturated heterocycles. The Morgan fingerprint density at radius 1 is 1.35 bits per heavy atom. The average Bonchev–Trinajstić information content (AvgIpc) is 2.35. The summed E-state index contributed by atoms with van der Waals surface area (Å²) in [5.74, 6) is 0.595. The van der Waals surface area contributed by atoms with E-state index in [1.54, 1.807) is 37.3 Å². The van der Waals surface area contributed by atoms with Gasteiger partial charge in [-0.15, -0.1) is 11.6 Å². The SMILES string of the molecule is CCOC(=O)c1ccccc1OCC=CCCl. The molecular weight excluding hydrogens is 240 g/mol. The number of benzene rings is 1. The highest BCUT2D eigenvalue weighted by Crippen LogP contribution is 2.18. The van der Waals surface area contributed by atoms with Crippen LogP contribution in [0.5, 0.6) is 5.75 Å². The highest BCUT2D eigenvalue weighted by Gasteiger charge is 2.12. The van der Waals surface area contributed by atoms with Gasteiger partial charge in [-0.2, -0.15) is 0 Å². The van der Waals surface area contributed by atoms with Crippen molar-refractivity contribution in [1.82, 2.24) is 0 Å². The Labute approximate surface area is 106 Å². The number of hydrogen-bond acceptors (Lipinski definition) is 3. The second kappa shape index (κ2) is 7.74. The van der Waals surface area contributed by atoms with Crippen molar-refractivity contribution >= 4 is 17.6 Å². The van der Waals surface area contributed by atoms with Crippen LogP contribution in [-0.2, 0) is 4.74 Å². The lowest BCUT2D eigenvalue weighted by atomic mass is 10.2. The van der Waals surface area contributed by atoms with E-state index in [-0.39, 0.29) is 5.97 Å². The Hall–Kier alpha value is -1.48. The van der Waals surface area contributed by atoms with Gasteiger partial charge < -0.3 is 9.47 Å². The van der Waals surface area contributed by atoms with Gasteiger partial charge in [0.1, 0.15) is 17.9 Å². The van der Waals surface area contributed by atoms with Crippen molar-refractivity contribution in [1.29, 1.82) is 0 Å². The van der Waals surface area contributed by atoms with Gasteiger partial charge in [-0.1, -0.05) is 24.3 Å². The summed E-state index contributed by atoms with van der Waals surface area (Å²) in [5.41, 5.74) is 0.439. The lowest BCUT2D eigenvalue weighted by molar-refractivity contribution is 0.0522. The monoisotopic (exact) mass is 254 g/mol. The third kappa shape index (κ3) is 4.49. The summed E-state index contributed by atoms with van der Waals surface area (Å²) >= 11 is 5.49. The van der Waals surface area contributed by atoms with Crippen molar-refractivity contribution in [2.24, 2.45) is 0 Å². The van der Waals surface area contributed by atoms with E-state index >= 15 is 0 Å². The third-order valence-electron chi connectivity index (χ3n) is 1.97. The van der Waals surface area contributed by atoms with E-state index in [4.69, 9.17) is 21.1 Å². The van der Waals surface area contributed by atoms with E-state index in [0.29, 0.717) is 30.4 Å². The normalized spacial score (nSPS) is 10.5. The van der Waals surface area contributed by atoms with Crippen molar-refractivity contribution in [3.63, 3.8) is 0 Å². The van der Waals surface area contributed by atoms with Crippen LogP contribution in [-0.4, -0.2) is 25.1 Å². The minimum Gasteiger partial charge on any atom is -0.489 e. The third-order valence-corrected chi connectivity index (χ3v) is 2.15. The molecule has 3 nitrogen and oxygen atoms in total. The Morgan fingerprint density at radius 2 is 2.12 bits per heavy atom. The molecule has 0 spiro atoms. The van der Waals surface area contributed by atoms with Gasteiger partial charge in [-0.25, -0.2) is 4.79 Å². The highest BCUT2D eigenvalue weighted by atomic mass is 35.5. The molecule has 1 aromatic rings. The first-order valence-electron chi connectivity index (χ1n) is 5.39. The summed E-state index contributed by atoms with van der Waals surface area (Å²) in [6.07, 6.45) is 3.59. The number of halogens is 1. The van der Waals surface area contributed by atoms with Gasteiger partial charge in [0.05, 0.1) is 6.61 Å². The minimum absolute atomic E-state index is 0.347. The zero-order valence-corrected chi connectivity index (χ0v) is 10.4. The molecule has 4 heteroatoms. The van der Waals surface area contributed by atoms with Crippen LogP contribution in [0.3, 0.4) is 0 Å². The number of allylic oxidation sites excluding steroid dienone is 1. The van der Waals surface area contributed by atoms with Gasteiger partial charge >= 0.3 is 5.97 Å². The molecule has 0 amide bonds. The summed E-state index contributed by atoms with van der Waals surface area (Å²) in [7, 11) is 0. The lowest BCUT2D eigenvalue weighted by Crippen LogP contribution is -2.07. The van der Waals surface area contributed by atoms with Crippen molar-refractivity contribution in [2.75, 3.05) is 19.1 Å². The molecule has 0 fully saturated rings. The van der Waals surface area contributed by atoms with Crippen molar-refractivity contribution in [3.8, 4) is 5.75 Å². The Balaban J connectivity index is 2.70. The maximum Gasteiger partial charge on any atom is 0.341 e. The van der Waals surface area contributed by atoms with Gasteiger partial charge in [0, 0.05) is 5.88 Å². The predicted octanol–water partition coefficient (Wildman–Crippen LogP) is 3.04. The molecule has 1 rings (SSSR count). The van der Waals surface area contributed by atoms with Crippen LogP contribution < -0.4 is 4.74 Å². The summed E-state index contributed by atoms with van der Waals surface area (Å²) < 4.78 is 10.4. The second-order valence-electron chi connectivity index (χ2n) is 3.15. The molecule has 0 aromatic heterocycles. The van der Waals surface area contributed by atoms with Crippen LogP contribution in [0.15, 0.2) is 36.4 Å². The quantitative estimate of drug-likeness (QED) is 0.445. The van der Waals surface area contributed by atoms with Gasteiger partial charge in [0.15, 0.2) is 0 Å². The van der Waals surface area contributed by atoms with Crippen molar-refractivity contribution in [3.05, 3.63) is 42.0 Å². The molecule has 0 saturated carbocycles. The number of alkyl halides is 1. The van der Waals surface area contributed by atoms with Crippen LogP contribution in [0, 0.1) is 0 Å². The fourth-order valence-electron chi connectivity index (χ4n) is 1.24. The molecule has 92 valence electrons. The molecule has 0 aliphatic rings. The zero-order chi connectivity index (χ0) is 12.5. The van der Waals surface area contributed by atoms with Crippen molar-refractivity contribution in [2.45, 2.75) is 6.92 Å². The fourth-order valence-corrected chi connectivity index (χ4v) is 1.36. The molecule has 0 atom stereocenters. The Morgan fingerprint density at radius 3 is 2.82 bits per heavy atom. The van der Waals surface area contributed by atoms with E-state index < -0.39 is 0 Å². The van der Waals surface area contributed by atoms with Gasteiger partial charge in [-0.3, -0.25) is 0 Å². The van der Waals surface area contributed by atoms with Crippen LogP contribution in [0.4, 0.5) is 0 Å². The summed E-state index contributed by atoms with van der Waals surface area (Å²) in [6, 6.07) is 7.00. The largest absolute Gasteiger partial charge is 0.489 e. The zero-order valence-electron chi connectivity index (χ0n) is 9.69. The molecule has 0 aliphatic carbocycles. The molecule has 0 bridgehead atoms. The van der Waals surface area contributed by atoms with Gasteiger partial charge in [0.2, 0.25) is 0 Å². The number of esters is 1. The maximum absolute atomic E-state index is 11.6. The number of hydrogen-bond donors (Lipinski definition) is 0. The maximum atomic E-state index is 11.6. The van der Waals surface area contributed by atoms with E-state index in [9.17, 15) is 4.79 Å². The van der Waals surface area contributed by atoms with E-state index in [0.717, 1.165) is 0 Å². The number of ether oxygens (including phenoxy) is 2. The Kier molecular flexibility index (Phi) is 6.18. The van der Waals surface area contributed by atoms with Gasteiger partial charge in [-0.05, 0) is 19.1 Å². The molecule has 0 radical (unpaired) electrons. The highest BCUT2D eigenvalue weighted by molar-refractivity contribution is 6.18. The number of rotatable bonds is 6. The van der Waals surface area contributed by atoms with E-state index in [1.807, 2.05) is 6.07 Å². The molecule has 0 aliphatic heterocycles. The van der Waals surface area contributed by atoms with E-state index in [1.165, 1.54) is 0 Å². The lowest BCUT2D eigenvalue weighted by Gasteiger charge is -2.08. The van der Waals surface area contributed by atoms with Crippen molar-refractivity contribution < 1.29 is 14.3 Å². The van der Waals surface area contributed by atoms with Gasteiger partial charge in [0.25, 0.3) is 0 Å². The molecule has 0 unspecified atom stereocenters. The second-order valence-corrected chi connectivity index (χ2v) is 3.46. The average molecular weight is 255 g/mol. The van der Waals surface area contributed by atoms with Crippen LogP contribution in [0.2, 0.25) is 0 Å². The molecule has 0 N–H and O–H groups in total. The number of carbonyl (C=O) groups excluding carboxylic acids is 1. The fraction of sp³-hybridized carbons (Fsp3) is 0.308. The Bertz CT molecular complexity index is 388. The summed E-state index contributed by atoms with van der Waals surface area (Å²) in [6.45, 7) is 2.49. The molecule has 1 aromatic carbocycles. The minimum atomic E-state index is -0.371. The molecule has 17 heavy (non-hydrogen) atoms. The van der Waals surface area contributed by atoms with Crippen LogP contribution in [0.25, 0.3) is 0 Å². The molecular formula is C13H15ClO3. The first-order chi connectivity index (χ1) is 8.29. The topological polar surface area (TPSA) is 35.5 Å². The predicted molar refractivity (Wildman–Crippen MR) is 67.8 cm³/mol. The van der Waals surface area contributed by atoms with Crippen LogP contribution in [0.1, 0.15) is 17.3 Å². The first-order valence-corrected chi connectivity index (χ1v) is 5.93. The van der Waals surface area contributed by atoms with E-state index in [2.05, 4.69) is 0 Å². The number of carbonyl (C=O) groups is 1. The standard InChI is InChI=1S/C13H15ClO3/c1-2-16-13(15)11-7-3-4-8-12(11)17-10-6-5-9-14/h3-8H,2,9-10H2,1H3.